The van der Waals surface area contributed by atoms with Gasteiger partial charge in [-0.2, -0.15) is 0 Å². The predicted octanol–water partition coefficient (Wildman–Crippen LogP) is 3.45. The van der Waals surface area contributed by atoms with Gasteiger partial charge < -0.3 is 10.6 Å². The fourth-order valence-corrected chi connectivity index (χ4v) is 2.11. The second-order valence-corrected chi connectivity index (χ2v) is 5.59. The molecule has 0 heterocycles. The molecule has 0 fully saturated rings. The first-order valence-corrected chi connectivity index (χ1v) is 7.04. The van der Waals surface area contributed by atoms with Gasteiger partial charge in [-0.3, -0.25) is 4.79 Å². The molecular formula is C16H26N2O. The van der Waals surface area contributed by atoms with Crippen LogP contribution in [0.4, 0.5) is 5.69 Å². The van der Waals surface area contributed by atoms with E-state index in [1.54, 1.807) is 0 Å². The van der Waals surface area contributed by atoms with E-state index in [1.165, 1.54) is 16.8 Å². The van der Waals surface area contributed by atoms with Crippen molar-refractivity contribution in [2.75, 3.05) is 11.9 Å². The molecule has 1 aromatic rings. The molecule has 0 unspecified atom stereocenters. The van der Waals surface area contributed by atoms with E-state index in [4.69, 9.17) is 0 Å². The highest BCUT2D eigenvalue weighted by Gasteiger charge is 2.09. The van der Waals surface area contributed by atoms with Crippen LogP contribution in [0.5, 0.6) is 0 Å². The Morgan fingerprint density at radius 1 is 1.21 bits per heavy atom. The maximum Gasteiger partial charge on any atom is 0.221 e. The molecule has 0 aromatic heterocycles. The van der Waals surface area contributed by atoms with Crippen LogP contribution in [0.3, 0.4) is 0 Å². The van der Waals surface area contributed by atoms with Gasteiger partial charge in [-0.25, -0.2) is 0 Å². The average molecular weight is 262 g/mol. The molecule has 0 aliphatic heterocycles. The molecule has 0 aliphatic rings. The molecule has 1 amide bonds. The van der Waals surface area contributed by atoms with Gasteiger partial charge in [0.05, 0.1) is 0 Å². The number of carbonyl (C=O) groups is 1. The summed E-state index contributed by atoms with van der Waals surface area (Å²) in [6.07, 6.45) is 0.504. The largest absolute Gasteiger partial charge is 0.384 e. The standard InChI is InChI=1S/C16H26N2O/c1-11(2)14-8-6-7-13(5)16(14)17-10-9-15(19)18-12(3)4/h6-8,11-12,17H,9-10H2,1-5H3,(H,18,19). The van der Waals surface area contributed by atoms with Crippen LogP contribution in [0.15, 0.2) is 18.2 Å². The summed E-state index contributed by atoms with van der Waals surface area (Å²) in [4.78, 5) is 11.6. The Morgan fingerprint density at radius 2 is 1.89 bits per heavy atom. The normalized spacial score (nSPS) is 10.9. The minimum atomic E-state index is 0.0992. The van der Waals surface area contributed by atoms with Gasteiger partial charge in [0.2, 0.25) is 5.91 Å². The molecule has 0 saturated heterocycles. The minimum absolute atomic E-state index is 0.0992. The predicted molar refractivity (Wildman–Crippen MR) is 81.7 cm³/mol. The number of para-hydroxylation sites is 1. The summed E-state index contributed by atoms with van der Waals surface area (Å²) in [7, 11) is 0. The summed E-state index contributed by atoms with van der Waals surface area (Å²) in [5.74, 6) is 0.578. The van der Waals surface area contributed by atoms with E-state index >= 15 is 0 Å². The molecule has 0 saturated carbocycles. The molecule has 0 spiro atoms. The maximum atomic E-state index is 11.6. The highest BCUT2D eigenvalue weighted by Crippen LogP contribution is 2.27. The second kappa shape index (κ2) is 7.17. The van der Waals surface area contributed by atoms with E-state index in [0.29, 0.717) is 18.9 Å². The lowest BCUT2D eigenvalue weighted by Gasteiger charge is -2.17. The van der Waals surface area contributed by atoms with Crippen LogP contribution in [-0.2, 0) is 4.79 Å². The van der Waals surface area contributed by atoms with Crippen LogP contribution >= 0.6 is 0 Å². The fraction of sp³-hybridized carbons (Fsp3) is 0.562. The Morgan fingerprint density at radius 3 is 2.47 bits per heavy atom. The fourth-order valence-electron chi connectivity index (χ4n) is 2.11. The third-order valence-electron chi connectivity index (χ3n) is 3.03. The van der Waals surface area contributed by atoms with Crippen LogP contribution in [-0.4, -0.2) is 18.5 Å². The molecule has 3 heteroatoms. The zero-order chi connectivity index (χ0) is 14.4. The van der Waals surface area contributed by atoms with Crippen molar-refractivity contribution in [1.29, 1.82) is 0 Å². The van der Waals surface area contributed by atoms with Crippen LogP contribution in [0, 0.1) is 6.92 Å². The Labute approximate surface area is 116 Å². The zero-order valence-electron chi connectivity index (χ0n) is 12.7. The quantitative estimate of drug-likeness (QED) is 0.824. The highest BCUT2D eigenvalue weighted by molar-refractivity contribution is 5.76. The van der Waals surface area contributed by atoms with E-state index in [0.717, 1.165) is 0 Å². The van der Waals surface area contributed by atoms with Gasteiger partial charge >= 0.3 is 0 Å². The van der Waals surface area contributed by atoms with Crippen LogP contribution in [0.1, 0.15) is 51.2 Å². The lowest BCUT2D eigenvalue weighted by Crippen LogP contribution is -2.31. The molecule has 19 heavy (non-hydrogen) atoms. The molecular weight excluding hydrogens is 236 g/mol. The number of hydrogen-bond acceptors (Lipinski definition) is 2. The van der Waals surface area contributed by atoms with Crippen LogP contribution in [0.2, 0.25) is 0 Å². The van der Waals surface area contributed by atoms with Crippen LogP contribution < -0.4 is 10.6 Å². The lowest BCUT2D eigenvalue weighted by atomic mass is 9.98. The van der Waals surface area contributed by atoms with Crippen LogP contribution in [0.25, 0.3) is 0 Å². The van der Waals surface area contributed by atoms with Crippen molar-refractivity contribution in [1.82, 2.24) is 5.32 Å². The number of nitrogens with one attached hydrogen (secondary N) is 2. The third-order valence-corrected chi connectivity index (χ3v) is 3.03. The smallest absolute Gasteiger partial charge is 0.221 e. The highest BCUT2D eigenvalue weighted by atomic mass is 16.1. The van der Waals surface area contributed by atoms with Gasteiger partial charge in [0.25, 0.3) is 0 Å². The second-order valence-electron chi connectivity index (χ2n) is 5.59. The SMILES string of the molecule is Cc1cccc(C(C)C)c1NCCC(=O)NC(C)C. The number of benzene rings is 1. The summed E-state index contributed by atoms with van der Waals surface area (Å²) >= 11 is 0. The minimum Gasteiger partial charge on any atom is -0.384 e. The average Bonchev–Trinajstić information content (AvgIpc) is 2.29. The molecule has 0 bridgehead atoms. The molecule has 0 atom stereocenters. The number of rotatable bonds is 6. The number of amides is 1. The van der Waals surface area contributed by atoms with E-state index in [-0.39, 0.29) is 11.9 Å². The Balaban J connectivity index is 2.60. The first kappa shape index (κ1) is 15.5. The number of carbonyl (C=O) groups excluding carboxylic acids is 1. The van der Waals surface area contributed by atoms with Crippen molar-refractivity contribution in [3.05, 3.63) is 29.3 Å². The van der Waals surface area contributed by atoms with Gasteiger partial charge in [0, 0.05) is 24.7 Å². The molecule has 0 aliphatic carbocycles. The van der Waals surface area contributed by atoms with E-state index in [9.17, 15) is 4.79 Å². The lowest BCUT2D eigenvalue weighted by molar-refractivity contribution is -0.121. The topological polar surface area (TPSA) is 41.1 Å². The van der Waals surface area contributed by atoms with Crippen molar-refractivity contribution < 1.29 is 4.79 Å². The summed E-state index contributed by atoms with van der Waals surface area (Å²) in [6.45, 7) is 11.1. The summed E-state index contributed by atoms with van der Waals surface area (Å²) in [6, 6.07) is 6.54. The third kappa shape index (κ3) is 4.93. The monoisotopic (exact) mass is 262 g/mol. The molecule has 0 radical (unpaired) electrons. The molecule has 3 nitrogen and oxygen atoms in total. The van der Waals surface area contributed by atoms with Gasteiger partial charge in [0.15, 0.2) is 0 Å². The Hall–Kier alpha value is -1.51. The van der Waals surface area contributed by atoms with E-state index in [1.807, 2.05) is 13.8 Å². The first-order valence-electron chi connectivity index (χ1n) is 7.04. The van der Waals surface area contributed by atoms with Crippen molar-refractivity contribution in [3.8, 4) is 0 Å². The van der Waals surface area contributed by atoms with Gasteiger partial charge in [0.1, 0.15) is 0 Å². The van der Waals surface area contributed by atoms with E-state index in [2.05, 4.69) is 49.6 Å². The van der Waals surface area contributed by atoms with Crippen molar-refractivity contribution >= 4 is 11.6 Å². The van der Waals surface area contributed by atoms with Crippen molar-refractivity contribution in [2.24, 2.45) is 0 Å². The van der Waals surface area contributed by atoms with Gasteiger partial charge in [-0.15, -0.1) is 0 Å². The maximum absolute atomic E-state index is 11.6. The summed E-state index contributed by atoms with van der Waals surface area (Å²) in [5, 5.41) is 6.31. The molecule has 2 N–H and O–H groups in total. The van der Waals surface area contributed by atoms with Gasteiger partial charge in [-0.05, 0) is 37.8 Å². The molecule has 106 valence electrons. The molecule has 1 rings (SSSR count). The van der Waals surface area contributed by atoms with Gasteiger partial charge in [-0.1, -0.05) is 32.0 Å². The summed E-state index contributed by atoms with van der Waals surface area (Å²) < 4.78 is 0. The number of anilines is 1. The van der Waals surface area contributed by atoms with E-state index < -0.39 is 0 Å². The van der Waals surface area contributed by atoms with Crippen molar-refractivity contribution in [3.63, 3.8) is 0 Å². The zero-order valence-corrected chi connectivity index (χ0v) is 12.7. The Bertz CT molecular complexity index is 425. The van der Waals surface area contributed by atoms with Crippen molar-refractivity contribution in [2.45, 2.75) is 53.0 Å². The Kier molecular flexibility index (Phi) is 5.87. The summed E-state index contributed by atoms with van der Waals surface area (Å²) in [5.41, 5.74) is 3.72. The number of hydrogen-bond donors (Lipinski definition) is 2. The first-order chi connectivity index (χ1) is 8.91. The number of aryl methyl sites for hydroxylation is 1. The molecule has 1 aromatic carbocycles.